The van der Waals surface area contributed by atoms with Crippen molar-refractivity contribution in [2.24, 2.45) is 0 Å². The minimum Gasteiger partial charge on any atom is -0.322 e. The molecule has 0 saturated heterocycles. The molecule has 2 aromatic rings. The molecule has 0 aliphatic rings. The average Bonchev–Trinajstić information content (AvgIpc) is 2.34. The summed E-state index contributed by atoms with van der Waals surface area (Å²) in [4.78, 5) is 11.9. The molecule has 0 aliphatic carbocycles. The number of halogens is 2. The molecular weight excluding hydrogens is 297 g/mol. The molecule has 2 rings (SSSR count). The summed E-state index contributed by atoms with van der Waals surface area (Å²) in [6.45, 7) is 1.97. The lowest BCUT2D eigenvalue weighted by Crippen LogP contribution is -2.11. The van der Waals surface area contributed by atoms with E-state index in [-0.39, 0.29) is 11.7 Å². The van der Waals surface area contributed by atoms with E-state index in [2.05, 4.69) is 21.2 Å². The molecule has 0 radical (unpaired) electrons. The van der Waals surface area contributed by atoms with Gasteiger partial charge in [-0.1, -0.05) is 22.0 Å². The molecule has 0 atom stereocenters. The van der Waals surface area contributed by atoms with Crippen LogP contribution in [0.3, 0.4) is 0 Å². The summed E-state index contributed by atoms with van der Waals surface area (Å²) in [6, 6.07) is 11.0. The van der Waals surface area contributed by atoms with Gasteiger partial charge >= 0.3 is 0 Å². The summed E-state index contributed by atoms with van der Waals surface area (Å²) in [6.07, 6.45) is 0. The molecule has 18 heavy (non-hydrogen) atoms. The number of aryl methyl sites for hydroxylation is 1. The molecule has 1 N–H and O–H groups in total. The quantitative estimate of drug-likeness (QED) is 0.887. The first kappa shape index (κ1) is 12.8. The Balaban J connectivity index is 2.16. The van der Waals surface area contributed by atoms with Crippen LogP contribution < -0.4 is 5.32 Å². The lowest BCUT2D eigenvalue weighted by Gasteiger charge is -2.07. The van der Waals surface area contributed by atoms with Gasteiger partial charge in [-0.3, -0.25) is 4.79 Å². The van der Waals surface area contributed by atoms with Gasteiger partial charge < -0.3 is 5.32 Å². The van der Waals surface area contributed by atoms with Crippen LogP contribution in [0.2, 0.25) is 0 Å². The number of carbonyl (C=O) groups is 1. The highest BCUT2D eigenvalue weighted by Gasteiger charge is 2.06. The van der Waals surface area contributed by atoms with E-state index in [1.807, 2.05) is 25.1 Å². The highest BCUT2D eigenvalue weighted by Crippen LogP contribution is 2.21. The number of amides is 1. The van der Waals surface area contributed by atoms with E-state index in [0.29, 0.717) is 11.3 Å². The second-order valence-electron chi connectivity index (χ2n) is 3.92. The third-order valence-corrected chi connectivity index (χ3v) is 3.39. The number of nitrogens with one attached hydrogen (secondary N) is 1. The van der Waals surface area contributed by atoms with E-state index in [0.717, 1.165) is 10.0 Å². The van der Waals surface area contributed by atoms with E-state index in [9.17, 15) is 9.18 Å². The van der Waals surface area contributed by atoms with Crippen molar-refractivity contribution >= 4 is 27.5 Å². The maximum absolute atomic E-state index is 12.7. The standard InChI is InChI=1S/C14H11BrFNO/c1-9-2-7-12(8-13(9)15)17-14(18)10-3-5-11(16)6-4-10/h2-8H,1H3,(H,17,18). The van der Waals surface area contributed by atoms with Gasteiger partial charge in [-0.2, -0.15) is 0 Å². The Kier molecular flexibility index (Phi) is 3.77. The molecule has 0 fully saturated rings. The van der Waals surface area contributed by atoms with Crippen molar-refractivity contribution < 1.29 is 9.18 Å². The zero-order valence-corrected chi connectivity index (χ0v) is 11.3. The van der Waals surface area contributed by atoms with Crippen molar-refractivity contribution in [1.82, 2.24) is 0 Å². The van der Waals surface area contributed by atoms with E-state index in [4.69, 9.17) is 0 Å². The number of carbonyl (C=O) groups excluding carboxylic acids is 1. The fourth-order valence-electron chi connectivity index (χ4n) is 1.48. The van der Waals surface area contributed by atoms with E-state index < -0.39 is 0 Å². The normalized spacial score (nSPS) is 10.2. The van der Waals surface area contributed by atoms with Crippen LogP contribution in [0.25, 0.3) is 0 Å². The van der Waals surface area contributed by atoms with Crippen LogP contribution >= 0.6 is 15.9 Å². The Labute approximate surface area is 113 Å². The molecule has 0 unspecified atom stereocenters. The van der Waals surface area contributed by atoms with Gasteiger partial charge in [-0.15, -0.1) is 0 Å². The first-order valence-electron chi connectivity index (χ1n) is 5.39. The van der Waals surface area contributed by atoms with Gasteiger partial charge in [0.1, 0.15) is 5.82 Å². The third-order valence-electron chi connectivity index (χ3n) is 2.54. The maximum Gasteiger partial charge on any atom is 0.255 e. The van der Waals surface area contributed by atoms with Gasteiger partial charge in [0, 0.05) is 15.7 Å². The summed E-state index contributed by atoms with van der Waals surface area (Å²) in [5.41, 5.74) is 2.21. The molecule has 0 aromatic heterocycles. The molecule has 2 nitrogen and oxygen atoms in total. The summed E-state index contributed by atoms with van der Waals surface area (Å²) in [5, 5.41) is 2.75. The second kappa shape index (κ2) is 5.31. The van der Waals surface area contributed by atoms with Gasteiger partial charge in [0.15, 0.2) is 0 Å². The van der Waals surface area contributed by atoms with Crippen LogP contribution in [0.4, 0.5) is 10.1 Å². The monoisotopic (exact) mass is 307 g/mol. The number of anilines is 1. The number of rotatable bonds is 2. The molecule has 1 amide bonds. The maximum atomic E-state index is 12.7. The van der Waals surface area contributed by atoms with Crippen molar-refractivity contribution in [3.63, 3.8) is 0 Å². The van der Waals surface area contributed by atoms with E-state index in [1.54, 1.807) is 0 Å². The molecule has 0 bridgehead atoms. The SMILES string of the molecule is Cc1ccc(NC(=O)c2ccc(F)cc2)cc1Br. The molecule has 0 spiro atoms. The summed E-state index contributed by atoms with van der Waals surface area (Å²) < 4.78 is 13.7. The molecule has 2 aromatic carbocycles. The van der Waals surface area contributed by atoms with Crippen LogP contribution in [0, 0.1) is 12.7 Å². The van der Waals surface area contributed by atoms with Crippen LogP contribution in [0.15, 0.2) is 46.9 Å². The molecule has 92 valence electrons. The van der Waals surface area contributed by atoms with Gasteiger partial charge in [0.25, 0.3) is 5.91 Å². The predicted molar refractivity (Wildman–Crippen MR) is 73.2 cm³/mol. The van der Waals surface area contributed by atoms with Crippen LogP contribution in [0.1, 0.15) is 15.9 Å². The minimum atomic E-state index is -0.357. The zero-order chi connectivity index (χ0) is 13.1. The Bertz CT molecular complexity index is 581. The third kappa shape index (κ3) is 2.96. The van der Waals surface area contributed by atoms with Crippen molar-refractivity contribution in [2.45, 2.75) is 6.92 Å². The largest absolute Gasteiger partial charge is 0.322 e. The predicted octanol–water partition coefficient (Wildman–Crippen LogP) is 4.15. The molecule has 0 aliphatic heterocycles. The van der Waals surface area contributed by atoms with E-state index in [1.165, 1.54) is 24.3 Å². The number of hydrogen-bond donors (Lipinski definition) is 1. The van der Waals surface area contributed by atoms with Crippen molar-refractivity contribution in [2.75, 3.05) is 5.32 Å². The molecule has 4 heteroatoms. The molecule has 0 heterocycles. The fraction of sp³-hybridized carbons (Fsp3) is 0.0714. The van der Waals surface area contributed by atoms with Gasteiger partial charge in [-0.05, 0) is 48.9 Å². The summed E-state index contributed by atoms with van der Waals surface area (Å²) >= 11 is 3.40. The lowest BCUT2D eigenvalue weighted by atomic mass is 10.2. The van der Waals surface area contributed by atoms with Crippen LogP contribution in [0.5, 0.6) is 0 Å². The number of benzene rings is 2. The first-order chi connectivity index (χ1) is 8.56. The highest BCUT2D eigenvalue weighted by atomic mass is 79.9. The topological polar surface area (TPSA) is 29.1 Å². The minimum absolute atomic E-state index is 0.259. The highest BCUT2D eigenvalue weighted by molar-refractivity contribution is 9.10. The smallest absolute Gasteiger partial charge is 0.255 e. The Hall–Kier alpha value is -1.68. The Morgan fingerprint density at radius 2 is 1.83 bits per heavy atom. The van der Waals surface area contributed by atoms with Crippen molar-refractivity contribution in [3.05, 3.63) is 63.9 Å². The van der Waals surface area contributed by atoms with Gasteiger partial charge in [0.05, 0.1) is 0 Å². The Morgan fingerprint density at radius 3 is 2.44 bits per heavy atom. The van der Waals surface area contributed by atoms with Gasteiger partial charge in [0.2, 0.25) is 0 Å². The first-order valence-corrected chi connectivity index (χ1v) is 6.18. The van der Waals surface area contributed by atoms with Crippen molar-refractivity contribution in [3.8, 4) is 0 Å². The number of hydrogen-bond acceptors (Lipinski definition) is 1. The molecule has 0 saturated carbocycles. The van der Waals surface area contributed by atoms with E-state index >= 15 is 0 Å². The van der Waals surface area contributed by atoms with Gasteiger partial charge in [-0.25, -0.2) is 4.39 Å². The summed E-state index contributed by atoms with van der Waals surface area (Å²) in [5.74, 6) is -0.615. The zero-order valence-electron chi connectivity index (χ0n) is 9.71. The summed E-state index contributed by atoms with van der Waals surface area (Å²) in [7, 11) is 0. The van der Waals surface area contributed by atoms with Crippen molar-refractivity contribution in [1.29, 1.82) is 0 Å². The van der Waals surface area contributed by atoms with Crippen LogP contribution in [-0.4, -0.2) is 5.91 Å². The molecular formula is C14H11BrFNO. The Morgan fingerprint density at radius 1 is 1.17 bits per heavy atom. The van der Waals surface area contributed by atoms with Crippen LogP contribution in [-0.2, 0) is 0 Å². The average molecular weight is 308 g/mol. The second-order valence-corrected chi connectivity index (χ2v) is 4.78. The fourth-order valence-corrected chi connectivity index (χ4v) is 1.85. The lowest BCUT2D eigenvalue weighted by molar-refractivity contribution is 0.102.